The minimum atomic E-state index is -0.813. The molecule has 5 N–H and O–H groups in total. The molecule has 0 saturated carbocycles. The molecule has 0 aromatic carbocycles. The van der Waals surface area contributed by atoms with Crippen molar-refractivity contribution in [3.63, 3.8) is 0 Å². The Hall–Kier alpha value is -1.81. The van der Waals surface area contributed by atoms with E-state index in [0.29, 0.717) is 11.2 Å². The number of anilines is 1. The van der Waals surface area contributed by atoms with Crippen molar-refractivity contribution in [3.05, 3.63) is 12.7 Å². The van der Waals surface area contributed by atoms with Crippen molar-refractivity contribution in [2.45, 2.75) is 24.5 Å². The number of hydrogen-bond donors (Lipinski definition) is 3. The zero-order valence-corrected chi connectivity index (χ0v) is 10.9. The van der Waals surface area contributed by atoms with Crippen LogP contribution in [0.15, 0.2) is 12.7 Å². The highest BCUT2D eigenvalue weighted by atomic mass is 16.6. The van der Waals surface area contributed by atoms with Crippen molar-refractivity contribution in [1.29, 1.82) is 0 Å². The summed E-state index contributed by atoms with van der Waals surface area (Å²) in [7, 11) is 1.51. The van der Waals surface area contributed by atoms with Crippen molar-refractivity contribution < 1.29 is 14.6 Å². The fraction of sp³-hybridized carbons (Fsp3) is 0.545. The maximum atomic E-state index is 10.1. The molecule has 9 heteroatoms. The fourth-order valence-electron chi connectivity index (χ4n) is 2.45. The predicted octanol–water partition coefficient (Wildman–Crippen LogP) is -1.36. The largest absolute Gasteiger partial charge is 0.387 e. The van der Waals surface area contributed by atoms with E-state index in [2.05, 4.69) is 15.0 Å². The number of nitrogen functional groups attached to an aromatic ring is 1. The zero-order chi connectivity index (χ0) is 14.3. The molecule has 9 nitrogen and oxygen atoms in total. The number of aromatic nitrogens is 4. The lowest BCUT2D eigenvalue weighted by molar-refractivity contribution is -0.0482. The molecule has 2 aromatic heterocycles. The Morgan fingerprint density at radius 1 is 1.45 bits per heavy atom. The van der Waals surface area contributed by atoms with Crippen LogP contribution in [0.2, 0.25) is 0 Å². The molecule has 0 aliphatic carbocycles. The van der Waals surface area contributed by atoms with Gasteiger partial charge in [0.25, 0.3) is 0 Å². The first-order chi connectivity index (χ1) is 9.67. The van der Waals surface area contributed by atoms with Gasteiger partial charge in [-0.25, -0.2) is 15.0 Å². The number of ether oxygens (including phenoxy) is 2. The summed E-state index contributed by atoms with van der Waals surface area (Å²) in [6, 6.07) is 0. The second-order valence-electron chi connectivity index (χ2n) is 4.57. The van der Waals surface area contributed by atoms with Crippen molar-refractivity contribution in [2.75, 3.05) is 19.4 Å². The van der Waals surface area contributed by atoms with E-state index in [9.17, 15) is 5.11 Å². The lowest BCUT2D eigenvalue weighted by Gasteiger charge is -2.19. The predicted molar refractivity (Wildman–Crippen MR) is 69.5 cm³/mol. The van der Waals surface area contributed by atoms with Crippen LogP contribution in [0.1, 0.15) is 6.23 Å². The standard InChI is InChI=1S/C11H16N6O3/c1-19-8-7(18)5(2-12)20-11(8)17-4-16-6-9(13)14-3-15-10(6)17/h3-5,7-8,11,18H,2,12H2,1H3,(H2,13,14,15)/t5-,7-,8-,11-/m1/s1. The van der Waals surface area contributed by atoms with Crippen molar-refractivity contribution in [2.24, 2.45) is 5.73 Å². The van der Waals surface area contributed by atoms with Crippen LogP contribution >= 0.6 is 0 Å². The Labute approximate surface area is 114 Å². The lowest BCUT2D eigenvalue weighted by Crippen LogP contribution is -2.36. The number of methoxy groups -OCH3 is 1. The van der Waals surface area contributed by atoms with E-state index in [1.54, 1.807) is 4.57 Å². The normalized spacial score (nSPS) is 30.1. The third-order valence-electron chi connectivity index (χ3n) is 3.48. The number of imidazole rings is 1. The first kappa shape index (κ1) is 13.2. The third kappa shape index (κ3) is 1.83. The number of aliphatic hydroxyl groups is 1. The van der Waals surface area contributed by atoms with Gasteiger partial charge in [0.1, 0.15) is 30.2 Å². The lowest BCUT2D eigenvalue weighted by atomic mass is 10.1. The summed E-state index contributed by atoms with van der Waals surface area (Å²) in [5, 5.41) is 10.1. The Bertz CT molecular complexity index is 617. The maximum Gasteiger partial charge on any atom is 0.167 e. The summed E-state index contributed by atoms with van der Waals surface area (Å²) in [5.41, 5.74) is 12.3. The molecular weight excluding hydrogens is 264 g/mol. The van der Waals surface area contributed by atoms with Gasteiger partial charge in [-0.05, 0) is 0 Å². The van der Waals surface area contributed by atoms with Crippen molar-refractivity contribution in [3.8, 4) is 0 Å². The monoisotopic (exact) mass is 280 g/mol. The van der Waals surface area contributed by atoms with Crippen LogP contribution in [0, 0.1) is 0 Å². The molecule has 0 amide bonds. The number of rotatable bonds is 3. The van der Waals surface area contributed by atoms with Crippen LogP contribution in [-0.4, -0.2) is 56.6 Å². The van der Waals surface area contributed by atoms with Crippen LogP contribution in [0.25, 0.3) is 11.2 Å². The molecule has 2 aromatic rings. The molecule has 1 aliphatic heterocycles. The van der Waals surface area contributed by atoms with Crippen LogP contribution < -0.4 is 11.5 Å². The summed E-state index contributed by atoms with van der Waals surface area (Å²) in [4.78, 5) is 12.2. The molecule has 1 aliphatic rings. The van der Waals surface area contributed by atoms with Gasteiger partial charge >= 0.3 is 0 Å². The molecule has 4 atom stereocenters. The minimum absolute atomic E-state index is 0.196. The van der Waals surface area contributed by atoms with E-state index in [1.807, 2.05) is 0 Å². The highest BCUT2D eigenvalue weighted by molar-refractivity contribution is 5.81. The fourth-order valence-corrected chi connectivity index (χ4v) is 2.45. The molecule has 0 unspecified atom stereocenters. The molecule has 1 saturated heterocycles. The molecular formula is C11H16N6O3. The summed E-state index contributed by atoms with van der Waals surface area (Å²) in [6.07, 6.45) is 0.453. The zero-order valence-electron chi connectivity index (χ0n) is 10.9. The van der Waals surface area contributed by atoms with E-state index >= 15 is 0 Å². The second-order valence-corrected chi connectivity index (χ2v) is 4.57. The average molecular weight is 280 g/mol. The molecule has 108 valence electrons. The molecule has 0 radical (unpaired) electrons. The molecule has 0 spiro atoms. The van der Waals surface area contributed by atoms with Crippen molar-refractivity contribution in [1.82, 2.24) is 19.5 Å². The van der Waals surface area contributed by atoms with Gasteiger partial charge in [0.2, 0.25) is 0 Å². The van der Waals surface area contributed by atoms with E-state index in [-0.39, 0.29) is 12.4 Å². The van der Waals surface area contributed by atoms with E-state index < -0.39 is 24.5 Å². The number of nitrogens with two attached hydrogens (primary N) is 2. The quantitative estimate of drug-likeness (QED) is 0.627. The van der Waals surface area contributed by atoms with Gasteiger partial charge in [0.05, 0.1) is 6.33 Å². The summed E-state index contributed by atoms with van der Waals surface area (Å²) < 4.78 is 12.7. The molecule has 0 bridgehead atoms. The Balaban J connectivity index is 2.04. The summed E-state index contributed by atoms with van der Waals surface area (Å²) in [6.45, 7) is 0.196. The number of hydrogen-bond acceptors (Lipinski definition) is 8. The van der Waals surface area contributed by atoms with Crippen LogP contribution in [0.5, 0.6) is 0 Å². The first-order valence-electron chi connectivity index (χ1n) is 6.16. The van der Waals surface area contributed by atoms with Gasteiger partial charge < -0.3 is 26.0 Å². The highest BCUT2D eigenvalue weighted by Crippen LogP contribution is 2.33. The third-order valence-corrected chi connectivity index (χ3v) is 3.48. The van der Waals surface area contributed by atoms with Gasteiger partial charge in [0, 0.05) is 13.7 Å². The highest BCUT2D eigenvalue weighted by Gasteiger charge is 2.44. The Morgan fingerprint density at radius 3 is 2.95 bits per heavy atom. The van der Waals surface area contributed by atoms with Gasteiger partial charge in [-0.3, -0.25) is 4.57 Å². The van der Waals surface area contributed by atoms with Crippen LogP contribution in [0.4, 0.5) is 5.82 Å². The number of aliphatic hydroxyl groups excluding tert-OH is 1. The van der Waals surface area contributed by atoms with E-state index in [4.69, 9.17) is 20.9 Å². The van der Waals surface area contributed by atoms with Crippen LogP contribution in [0.3, 0.4) is 0 Å². The molecule has 3 heterocycles. The van der Waals surface area contributed by atoms with Gasteiger partial charge in [-0.15, -0.1) is 0 Å². The second kappa shape index (κ2) is 4.94. The average Bonchev–Trinajstić information content (AvgIpc) is 3.00. The van der Waals surface area contributed by atoms with E-state index in [1.165, 1.54) is 19.8 Å². The van der Waals surface area contributed by atoms with Gasteiger partial charge in [-0.2, -0.15) is 0 Å². The first-order valence-corrected chi connectivity index (χ1v) is 6.16. The Morgan fingerprint density at radius 2 is 2.25 bits per heavy atom. The molecule has 20 heavy (non-hydrogen) atoms. The SMILES string of the molecule is CO[C@@H]1[C@H](O)[C@@H](CN)O[C@H]1n1cnc2c(N)ncnc21. The van der Waals surface area contributed by atoms with Crippen molar-refractivity contribution >= 4 is 17.0 Å². The van der Waals surface area contributed by atoms with E-state index in [0.717, 1.165) is 0 Å². The summed E-state index contributed by atoms with van der Waals surface area (Å²) >= 11 is 0. The van der Waals surface area contributed by atoms with Crippen LogP contribution in [-0.2, 0) is 9.47 Å². The Kier molecular flexibility index (Phi) is 3.26. The maximum absolute atomic E-state index is 10.1. The molecule has 1 fully saturated rings. The van der Waals surface area contributed by atoms with Gasteiger partial charge in [-0.1, -0.05) is 0 Å². The smallest absolute Gasteiger partial charge is 0.167 e. The summed E-state index contributed by atoms with van der Waals surface area (Å²) in [5.74, 6) is 0.289. The van der Waals surface area contributed by atoms with Gasteiger partial charge in [0.15, 0.2) is 17.7 Å². The molecule has 3 rings (SSSR count). The number of fused-ring (bicyclic) bond motifs is 1. The topological polar surface area (TPSA) is 134 Å². The minimum Gasteiger partial charge on any atom is -0.387 e. The number of nitrogens with zero attached hydrogens (tertiary/aromatic N) is 4.